The number of amides is 1. The summed E-state index contributed by atoms with van der Waals surface area (Å²) in [6.07, 6.45) is 1.51. The molecular formula is C20H16FN3O2. The van der Waals surface area contributed by atoms with Crippen LogP contribution in [0.5, 0.6) is 5.88 Å². The average molecular weight is 349 g/mol. The summed E-state index contributed by atoms with van der Waals surface area (Å²) in [5, 5.41) is 2.88. The van der Waals surface area contributed by atoms with Crippen LogP contribution in [0.15, 0.2) is 42.6 Å². The van der Waals surface area contributed by atoms with Gasteiger partial charge in [-0.15, -0.1) is 0 Å². The topological polar surface area (TPSA) is 64.1 Å². The van der Waals surface area contributed by atoms with E-state index in [4.69, 9.17) is 4.74 Å². The van der Waals surface area contributed by atoms with Crippen LogP contribution in [0, 0.1) is 12.9 Å². The van der Waals surface area contributed by atoms with Crippen LogP contribution in [0.1, 0.15) is 21.6 Å². The van der Waals surface area contributed by atoms with Gasteiger partial charge < -0.3 is 10.1 Å². The van der Waals surface area contributed by atoms with Crippen molar-refractivity contribution >= 4 is 5.91 Å². The largest absolute Gasteiger partial charge is 0.481 e. The molecule has 5 nitrogen and oxygen atoms in total. The molecule has 0 spiro atoms. The van der Waals surface area contributed by atoms with E-state index in [0.717, 1.165) is 33.4 Å². The smallest absolute Gasteiger partial charge is 0.270 e. The minimum atomic E-state index is -0.516. The second-order valence-corrected chi connectivity index (χ2v) is 6.13. The molecule has 1 amide bonds. The fraction of sp³-hybridized carbons (Fsp3) is 0.150. The standard InChI is InChI=1S/C20H16FN3O2/c1-11-7-13-10-23-20(25)19-14(4-6-18(24-19)26-2)16(13)8-15(11)12-3-5-17(21)22-9-12/h3-9H,10H2,1-2H3,(H,23,25). The molecule has 0 bridgehead atoms. The number of fused-ring (bicyclic) bond motifs is 3. The summed E-state index contributed by atoms with van der Waals surface area (Å²) in [5.41, 5.74) is 5.77. The molecule has 0 aliphatic carbocycles. The van der Waals surface area contributed by atoms with E-state index in [0.29, 0.717) is 18.1 Å². The number of nitrogens with zero attached hydrogens (tertiary/aromatic N) is 2. The monoisotopic (exact) mass is 349 g/mol. The van der Waals surface area contributed by atoms with Crippen molar-refractivity contribution in [3.8, 4) is 28.1 Å². The van der Waals surface area contributed by atoms with Crippen LogP contribution in [0.4, 0.5) is 4.39 Å². The zero-order chi connectivity index (χ0) is 18.3. The third-order valence-corrected chi connectivity index (χ3v) is 4.51. The first kappa shape index (κ1) is 16.2. The Morgan fingerprint density at radius 2 is 1.96 bits per heavy atom. The van der Waals surface area contributed by atoms with Gasteiger partial charge in [-0.05, 0) is 53.4 Å². The number of aryl methyl sites for hydroxylation is 1. The zero-order valence-corrected chi connectivity index (χ0v) is 14.3. The fourth-order valence-electron chi connectivity index (χ4n) is 3.22. The Hall–Kier alpha value is -3.28. The SMILES string of the molecule is COc1ccc2c(n1)C(=O)NCc1cc(C)c(-c3ccc(F)nc3)cc1-2. The van der Waals surface area contributed by atoms with Crippen molar-refractivity contribution in [1.82, 2.24) is 15.3 Å². The molecule has 1 aliphatic rings. The number of pyridine rings is 2. The number of hydrogen-bond donors (Lipinski definition) is 1. The molecule has 0 fully saturated rings. The summed E-state index contributed by atoms with van der Waals surface area (Å²) in [4.78, 5) is 20.5. The van der Waals surface area contributed by atoms with Crippen LogP contribution in [-0.4, -0.2) is 23.0 Å². The first-order valence-corrected chi connectivity index (χ1v) is 8.16. The summed E-state index contributed by atoms with van der Waals surface area (Å²) >= 11 is 0. The number of carbonyl (C=O) groups excluding carboxylic acids is 1. The maximum atomic E-state index is 13.2. The molecule has 0 radical (unpaired) electrons. The Morgan fingerprint density at radius 1 is 1.12 bits per heavy atom. The minimum Gasteiger partial charge on any atom is -0.481 e. The van der Waals surface area contributed by atoms with E-state index in [1.165, 1.54) is 19.4 Å². The van der Waals surface area contributed by atoms with Gasteiger partial charge in [0.1, 0.15) is 5.69 Å². The van der Waals surface area contributed by atoms with Crippen molar-refractivity contribution in [2.24, 2.45) is 0 Å². The number of halogens is 1. The van der Waals surface area contributed by atoms with Gasteiger partial charge in [0.15, 0.2) is 0 Å². The summed E-state index contributed by atoms with van der Waals surface area (Å²) in [6, 6.07) is 10.7. The van der Waals surface area contributed by atoms with Crippen molar-refractivity contribution in [1.29, 1.82) is 0 Å². The molecule has 0 unspecified atom stereocenters. The normalized spacial score (nSPS) is 12.7. The quantitative estimate of drug-likeness (QED) is 0.719. The minimum absolute atomic E-state index is 0.238. The predicted molar refractivity (Wildman–Crippen MR) is 95.3 cm³/mol. The number of ether oxygens (including phenoxy) is 1. The molecule has 0 saturated heterocycles. The Labute approximate surface area is 149 Å². The highest BCUT2D eigenvalue weighted by Crippen LogP contribution is 2.35. The molecule has 0 saturated carbocycles. The average Bonchev–Trinajstić information content (AvgIpc) is 2.78. The third-order valence-electron chi connectivity index (χ3n) is 4.51. The van der Waals surface area contributed by atoms with E-state index in [1.54, 1.807) is 12.1 Å². The number of hydrogen-bond acceptors (Lipinski definition) is 4. The van der Waals surface area contributed by atoms with Gasteiger partial charge in [0.05, 0.1) is 7.11 Å². The lowest BCUT2D eigenvalue weighted by Gasteiger charge is -2.14. The molecule has 4 rings (SSSR count). The maximum Gasteiger partial charge on any atom is 0.270 e. The molecular weight excluding hydrogens is 333 g/mol. The Morgan fingerprint density at radius 3 is 2.69 bits per heavy atom. The van der Waals surface area contributed by atoms with Crippen LogP contribution < -0.4 is 10.1 Å². The van der Waals surface area contributed by atoms with Crippen molar-refractivity contribution in [2.75, 3.05) is 7.11 Å². The number of methoxy groups -OCH3 is 1. The van der Waals surface area contributed by atoms with Gasteiger partial charge in [-0.25, -0.2) is 9.97 Å². The van der Waals surface area contributed by atoms with Crippen molar-refractivity contribution in [2.45, 2.75) is 13.5 Å². The number of rotatable bonds is 2. The van der Waals surface area contributed by atoms with Crippen LogP contribution in [-0.2, 0) is 6.54 Å². The lowest BCUT2D eigenvalue weighted by atomic mass is 9.91. The third kappa shape index (κ3) is 2.69. The van der Waals surface area contributed by atoms with E-state index >= 15 is 0 Å². The highest BCUT2D eigenvalue weighted by molar-refractivity contribution is 6.01. The summed E-state index contributed by atoms with van der Waals surface area (Å²) in [5.74, 6) is -0.368. The summed E-state index contributed by atoms with van der Waals surface area (Å²) in [7, 11) is 1.51. The summed E-state index contributed by atoms with van der Waals surface area (Å²) in [6.45, 7) is 2.40. The van der Waals surface area contributed by atoms with E-state index in [2.05, 4.69) is 15.3 Å². The molecule has 1 aromatic carbocycles. The second kappa shape index (κ2) is 6.22. The van der Waals surface area contributed by atoms with Gasteiger partial charge in [0.2, 0.25) is 11.8 Å². The fourth-order valence-corrected chi connectivity index (χ4v) is 3.22. The van der Waals surface area contributed by atoms with Crippen molar-refractivity contribution in [3.63, 3.8) is 0 Å². The van der Waals surface area contributed by atoms with Crippen LogP contribution >= 0.6 is 0 Å². The number of carbonyl (C=O) groups is 1. The Bertz CT molecular complexity index is 1020. The van der Waals surface area contributed by atoms with Crippen molar-refractivity contribution < 1.29 is 13.9 Å². The summed E-state index contributed by atoms with van der Waals surface area (Å²) < 4.78 is 18.3. The maximum absolute atomic E-state index is 13.2. The lowest BCUT2D eigenvalue weighted by molar-refractivity contribution is 0.0947. The predicted octanol–water partition coefficient (Wildman–Crippen LogP) is 3.51. The highest BCUT2D eigenvalue weighted by Gasteiger charge is 2.23. The van der Waals surface area contributed by atoms with Crippen LogP contribution in [0.3, 0.4) is 0 Å². The van der Waals surface area contributed by atoms with E-state index in [-0.39, 0.29) is 5.91 Å². The van der Waals surface area contributed by atoms with E-state index < -0.39 is 5.95 Å². The van der Waals surface area contributed by atoms with Gasteiger partial charge in [-0.1, -0.05) is 6.07 Å². The van der Waals surface area contributed by atoms with Gasteiger partial charge in [-0.2, -0.15) is 4.39 Å². The van der Waals surface area contributed by atoms with Crippen molar-refractivity contribution in [3.05, 3.63) is 65.4 Å². The Balaban J connectivity index is 1.94. The Kier molecular flexibility index (Phi) is 3.88. The molecule has 1 aliphatic heterocycles. The molecule has 3 aromatic rings. The van der Waals surface area contributed by atoms with Gasteiger partial charge in [-0.3, -0.25) is 4.79 Å². The molecule has 0 atom stereocenters. The number of nitrogens with one attached hydrogen (secondary N) is 1. The molecule has 130 valence electrons. The molecule has 6 heteroatoms. The first-order chi connectivity index (χ1) is 12.6. The molecule has 1 N–H and O–H groups in total. The van der Waals surface area contributed by atoms with Crippen LogP contribution in [0.25, 0.3) is 22.3 Å². The first-order valence-electron chi connectivity index (χ1n) is 8.16. The van der Waals surface area contributed by atoms with Gasteiger partial charge in [0, 0.05) is 29.9 Å². The lowest BCUT2D eigenvalue weighted by Crippen LogP contribution is -2.22. The van der Waals surface area contributed by atoms with E-state index in [1.807, 2.05) is 25.1 Å². The van der Waals surface area contributed by atoms with Crippen LogP contribution in [0.2, 0.25) is 0 Å². The zero-order valence-electron chi connectivity index (χ0n) is 14.3. The number of aromatic nitrogens is 2. The van der Waals surface area contributed by atoms with Gasteiger partial charge >= 0.3 is 0 Å². The molecule has 26 heavy (non-hydrogen) atoms. The molecule has 2 aromatic heterocycles. The van der Waals surface area contributed by atoms with Gasteiger partial charge in [0.25, 0.3) is 5.91 Å². The highest BCUT2D eigenvalue weighted by atomic mass is 19.1. The number of benzene rings is 1. The molecule has 3 heterocycles. The van der Waals surface area contributed by atoms with E-state index in [9.17, 15) is 9.18 Å². The second-order valence-electron chi connectivity index (χ2n) is 6.13.